The second kappa shape index (κ2) is 4.79. The summed E-state index contributed by atoms with van der Waals surface area (Å²) in [5.74, 6) is 0.438. The van der Waals surface area contributed by atoms with Crippen LogP contribution in [0.3, 0.4) is 0 Å². The zero-order valence-corrected chi connectivity index (χ0v) is 11.8. The molecule has 2 heterocycles. The molecule has 0 atom stereocenters. The van der Waals surface area contributed by atoms with Crippen LogP contribution >= 0.6 is 22.9 Å². The third-order valence-corrected chi connectivity index (χ3v) is 4.22. The van der Waals surface area contributed by atoms with E-state index in [0.717, 1.165) is 26.1 Å². The highest BCUT2D eigenvalue weighted by molar-refractivity contribution is 7.13. The molecule has 19 heavy (non-hydrogen) atoms. The molecule has 0 amide bonds. The van der Waals surface area contributed by atoms with E-state index >= 15 is 0 Å². The zero-order valence-electron chi connectivity index (χ0n) is 10.3. The summed E-state index contributed by atoms with van der Waals surface area (Å²) in [6, 6.07) is 9.65. The van der Waals surface area contributed by atoms with Crippen LogP contribution in [0.1, 0.15) is 11.4 Å². The summed E-state index contributed by atoms with van der Waals surface area (Å²) in [5, 5.41) is 15.3. The number of nitrogens with zero attached hydrogens (tertiary/aromatic N) is 2. The molecule has 0 N–H and O–H groups in total. The number of aryl methyl sites for hydroxylation is 1. The molecule has 2 aromatic heterocycles. The number of benzene rings is 1. The standard InChI is InChI=1S/C14H11ClN2OS/c1-9-6-12(19-8-9)14-10-4-2-3-5-11(10)16-13(7-15)17(14)18/h2-6,8H,7H2,1H3. The van der Waals surface area contributed by atoms with Crippen molar-refractivity contribution in [3.8, 4) is 10.6 Å². The minimum Gasteiger partial charge on any atom is -0.710 e. The Morgan fingerprint density at radius 1 is 1.37 bits per heavy atom. The molecule has 0 aliphatic heterocycles. The molecule has 0 radical (unpaired) electrons. The highest BCUT2D eigenvalue weighted by Gasteiger charge is 2.19. The number of aromatic nitrogens is 2. The molecule has 96 valence electrons. The molecular weight excluding hydrogens is 280 g/mol. The van der Waals surface area contributed by atoms with E-state index in [-0.39, 0.29) is 5.88 Å². The van der Waals surface area contributed by atoms with Crippen molar-refractivity contribution in [2.45, 2.75) is 12.8 Å². The number of thiophene rings is 1. The number of rotatable bonds is 2. The maximum absolute atomic E-state index is 12.4. The molecule has 0 bridgehead atoms. The van der Waals surface area contributed by atoms with Gasteiger partial charge in [0.1, 0.15) is 5.88 Å². The highest BCUT2D eigenvalue weighted by Crippen LogP contribution is 2.30. The largest absolute Gasteiger partial charge is 0.710 e. The smallest absolute Gasteiger partial charge is 0.317 e. The van der Waals surface area contributed by atoms with Crippen LogP contribution in [0.5, 0.6) is 0 Å². The fourth-order valence-electron chi connectivity index (χ4n) is 2.07. The summed E-state index contributed by atoms with van der Waals surface area (Å²) in [7, 11) is 0. The molecule has 3 rings (SSSR count). The number of alkyl halides is 1. The lowest BCUT2D eigenvalue weighted by Crippen LogP contribution is -2.35. The van der Waals surface area contributed by atoms with Crippen LogP contribution in [0.4, 0.5) is 0 Å². The van der Waals surface area contributed by atoms with Gasteiger partial charge in [-0.05, 0) is 41.1 Å². The first-order valence-corrected chi connectivity index (χ1v) is 7.25. The first-order valence-electron chi connectivity index (χ1n) is 5.83. The molecule has 0 unspecified atom stereocenters. The van der Waals surface area contributed by atoms with Crippen molar-refractivity contribution in [1.82, 2.24) is 4.98 Å². The van der Waals surface area contributed by atoms with Crippen molar-refractivity contribution in [1.29, 1.82) is 0 Å². The van der Waals surface area contributed by atoms with Crippen LogP contribution < -0.4 is 4.73 Å². The van der Waals surface area contributed by atoms with Gasteiger partial charge in [-0.3, -0.25) is 0 Å². The van der Waals surface area contributed by atoms with Crippen molar-refractivity contribution in [2.75, 3.05) is 0 Å². The van der Waals surface area contributed by atoms with E-state index in [1.54, 1.807) is 11.3 Å². The third kappa shape index (κ3) is 2.07. The normalized spacial score (nSPS) is 11.1. The van der Waals surface area contributed by atoms with E-state index in [1.165, 1.54) is 0 Å². The summed E-state index contributed by atoms with van der Waals surface area (Å²) in [4.78, 5) is 5.25. The molecule has 0 aliphatic rings. The maximum Gasteiger partial charge on any atom is 0.317 e. The van der Waals surface area contributed by atoms with Crippen LogP contribution in [-0.4, -0.2) is 4.98 Å². The van der Waals surface area contributed by atoms with Gasteiger partial charge < -0.3 is 5.21 Å². The lowest BCUT2D eigenvalue weighted by Gasteiger charge is -2.11. The van der Waals surface area contributed by atoms with Crippen molar-refractivity contribution < 1.29 is 4.73 Å². The quantitative estimate of drug-likeness (QED) is 0.411. The molecule has 0 saturated carbocycles. The summed E-state index contributed by atoms with van der Waals surface area (Å²) < 4.78 is 0.848. The van der Waals surface area contributed by atoms with Gasteiger partial charge in [0.2, 0.25) is 0 Å². The van der Waals surface area contributed by atoms with Gasteiger partial charge in [0.05, 0.1) is 10.3 Å². The zero-order chi connectivity index (χ0) is 13.4. The van der Waals surface area contributed by atoms with Gasteiger partial charge in [-0.1, -0.05) is 12.1 Å². The molecule has 0 spiro atoms. The van der Waals surface area contributed by atoms with Crippen molar-refractivity contribution in [2.24, 2.45) is 0 Å². The Morgan fingerprint density at radius 3 is 2.84 bits per heavy atom. The SMILES string of the molecule is Cc1csc(-c2c3ccccc3nc(CCl)[n+]2[O-])c1. The van der Waals surface area contributed by atoms with Crippen molar-refractivity contribution in [3.05, 3.63) is 52.3 Å². The van der Waals surface area contributed by atoms with Crippen molar-refractivity contribution in [3.63, 3.8) is 0 Å². The average Bonchev–Trinajstić information content (AvgIpc) is 2.84. The second-order valence-corrected chi connectivity index (χ2v) is 5.49. The Morgan fingerprint density at radius 2 is 2.16 bits per heavy atom. The highest BCUT2D eigenvalue weighted by atomic mass is 35.5. The number of fused-ring (bicyclic) bond motifs is 1. The van der Waals surface area contributed by atoms with Gasteiger partial charge in [0, 0.05) is 0 Å². The molecule has 0 aliphatic carbocycles. The van der Waals surface area contributed by atoms with Crippen molar-refractivity contribution >= 4 is 33.8 Å². The summed E-state index contributed by atoms with van der Waals surface area (Å²) in [6.45, 7) is 2.01. The van der Waals surface area contributed by atoms with Gasteiger partial charge in [0.15, 0.2) is 11.2 Å². The van der Waals surface area contributed by atoms with Gasteiger partial charge in [-0.2, -0.15) is 0 Å². The van der Waals surface area contributed by atoms with Gasteiger partial charge >= 0.3 is 5.82 Å². The first kappa shape index (κ1) is 12.4. The van der Waals surface area contributed by atoms with E-state index < -0.39 is 0 Å². The Bertz CT molecular complexity index is 754. The Kier molecular flexibility index (Phi) is 3.12. The van der Waals surface area contributed by atoms with Crippen LogP contribution in [-0.2, 0) is 5.88 Å². The average molecular weight is 291 g/mol. The number of halogens is 1. The Hall–Kier alpha value is -1.65. The minimum atomic E-state index is 0.103. The van der Waals surface area contributed by atoms with Crippen LogP contribution in [0.15, 0.2) is 35.7 Å². The lowest BCUT2D eigenvalue weighted by molar-refractivity contribution is -0.603. The summed E-state index contributed by atoms with van der Waals surface area (Å²) in [5.41, 5.74) is 2.58. The molecule has 5 heteroatoms. The predicted molar refractivity (Wildman–Crippen MR) is 78.3 cm³/mol. The number of hydrogen-bond donors (Lipinski definition) is 0. The maximum atomic E-state index is 12.4. The van der Waals surface area contributed by atoms with Crippen LogP contribution in [0, 0.1) is 12.1 Å². The van der Waals surface area contributed by atoms with Gasteiger partial charge in [-0.25, -0.2) is 4.73 Å². The monoisotopic (exact) mass is 290 g/mol. The fraction of sp³-hybridized carbons (Fsp3) is 0.143. The van der Waals surface area contributed by atoms with E-state index in [1.807, 2.05) is 42.6 Å². The van der Waals surface area contributed by atoms with E-state index in [4.69, 9.17) is 11.6 Å². The Labute approximate surface area is 119 Å². The predicted octanol–water partition coefficient (Wildman–Crippen LogP) is 3.64. The van der Waals surface area contributed by atoms with E-state index in [0.29, 0.717) is 11.5 Å². The van der Waals surface area contributed by atoms with Crippen LogP contribution in [0.25, 0.3) is 21.5 Å². The summed E-state index contributed by atoms with van der Waals surface area (Å²) >= 11 is 7.38. The topological polar surface area (TPSA) is 39.8 Å². The molecule has 3 aromatic rings. The fourth-order valence-corrected chi connectivity index (χ4v) is 3.17. The second-order valence-electron chi connectivity index (χ2n) is 4.31. The minimum absolute atomic E-state index is 0.103. The van der Waals surface area contributed by atoms with Crippen LogP contribution in [0.2, 0.25) is 0 Å². The van der Waals surface area contributed by atoms with E-state index in [9.17, 15) is 5.21 Å². The molecule has 3 nitrogen and oxygen atoms in total. The van der Waals surface area contributed by atoms with E-state index in [2.05, 4.69) is 4.98 Å². The molecule has 0 fully saturated rings. The first-order chi connectivity index (χ1) is 9.20. The molecular formula is C14H11ClN2OS. The molecule has 1 aromatic carbocycles. The number of para-hydroxylation sites is 1. The lowest BCUT2D eigenvalue weighted by atomic mass is 10.1. The summed E-state index contributed by atoms with van der Waals surface area (Å²) in [6.07, 6.45) is 0. The molecule has 0 saturated heterocycles. The van der Waals surface area contributed by atoms with Gasteiger partial charge in [0.25, 0.3) is 0 Å². The number of hydrogen-bond acceptors (Lipinski definition) is 3. The third-order valence-electron chi connectivity index (χ3n) is 2.93. The van der Waals surface area contributed by atoms with Gasteiger partial charge in [-0.15, -0.1) is 22.9 Å². The Balaban J connectivity index is 2.40.